The second-order valence-electron chi connectivity index (χ2n) is 4.53. The Bertz CT molecular complexity index is 742. The van der Waals surface area contributed by atoms with Crippen molar-refractivity contribution in [1.82, 2.24) is 4.98 Å². The molecule has 2 N–H and O–H groups in total. The summed E-state index contributed by atoms with van der Waals surface area (Å²) in [6, 6.07) is 10.0. The molecule has 1 heterocycles. The zero-order chi connectivity index (χ0) is 14.8. The number of halogens is 2. The van der Waals surface area contributed by atoms with Crippen molar-refractivity contribution in [2.24, 2.45) is 5.73 Å². The number of hydrogen-bond donors (Lipinski definition) is 1. The molecule has 0 aliphatic heterocycles. The van der Waals surface area contributed by atoms with Crippen LogP contribution in [-0.2, 0) is 0 Å². The van der Waals surface area contributed by atoms with Crippen LogP contribution in [0.2, 0.25) is 0 Å². The Morgan fingerprint density at radius 1 is 1.19 bits per heavy atom. The van der Waals surface area contributed by atoms with E-state index >= 15 is 0 Å². The van der Waals surface area contributed by atoms with Gasteiger partial charge >= 0.3 is 0 Å². The van der Waals surface area contributed by atoms with Gasteiger partial charge in [-0.15, -0.1) is 0 Å². The number of aromatic nitrogens is 1. The largest absolute Gasteiger partial charge is 0.431 e. The second-order valence-corrected chi connectivity index (χ2v) is 5.50. The summed E-state index contributed by atoms with van der Waals surface area (Å²) >= 11 is 1.27. The van der Waals surface area contributed by atoms with Crippen LogP contribution in [0.1, 0.15) is 11.6 Å². The third-order valence-electron chi connectivity index (χ3n) is 3.02. The van der Waals surface area contributed by atoms with Gasteiger partial charge in [-0.1, -0.05) is 23.9 Å². The first kappa shape index (κ1) is 14.0. The Morgan fingerprint density at radius 2 is 2.00 bits per heavy atom. The highest BCUT2D eigenvalue weighted by molar-refractivity contribution is 7.99. The van der Waals surface area contributed by atoms with Crippen LogP contribution in [0.25, 0.3) is 11.1 Å². The first-order valence-corrected chi connectivity index (χ1v) is 7.31. The average molecular weight is 306 g/mol. The number of hydrogen-bond acceptors (Lipinski definition) is 4. The normalized spacial score (nSPS) is 12.7. The van der Waals surface area contributed by atoms with Crippen molar-refractivity contribution in [3.05, 3.63) is 59.7 Å². The summed E-state index contributed by atoms with van der Waals surface area (Å²) in [5.74, 6) is -0.677. The van der Waals surface area contributed by atoms with Gasteiger partial charge in [-0.3, -0.25) is 0 Å². The fourth-order valence-electron chi connectivity index (χ4n) is 1.96. The van der Waals surface area contributed by atoms with Crippen molar-refractivity contribution in [2.45, 2.75) is 11.3 Å². The zero-order valence-corrected chi connectivity index (χ0v) is 11.7. The van der Waals surface area contributed by atoms with Crippen molar-refractivity contribution in [3.8, 4) is 0 Å². The van der Waals surface area contributed by atoms with Gasteiger partial charge in [0.05, 0.1) is 0 Å². The van der Waals surface area contributed by atoms with Gasteiger partial charge in [0.1, 0.15) is 17.2 Å². The van der Waals surface area contributed by atoms with Gasteiger partial charge in [0.25, 0.3) is 5.22 Å². The second kappa shape index (κ2) is 5.83. The third kappa shape index (κ3) is 3.06. The van der Waals surface area contributed by atoms with E-state index in [4.69, 9.17) is 10.2 Å². The number of rotatable bonds is 4. The van der Waals surface area contributed by atoms with Crippen molar-refractivity contribution in [3.63, 3.8) is 0 Å². The Balaban J connectivity index is 1.73. The smallest absolute Gasteiger partial charge is 0.256 e. The highest BCUT2D eigenvalue weighted by atomic mass is 32.2. The van der Waals surface area contributed by atoms with Gasteiger partial charge < -0.3 is 10.2 Å². The number of nitrogens with two attached hydrogens (primary N) is 1. The third-order valence-corrected chi connectivity index (χ3v) is 3.97. The zero-order valence-electron chi connectivity index (χ0n) is 10.9. The van der Waals surface area contributed by atoms with Crippen LogP contribution < -0.4 is 5.73 Å². The summed E-state index contributed by atoms with van der Waals surface area (Å²) in [6.07, 6.45) is 0. The van der Waals surface area contributed by atoms with Gasteiger partial charge in [0.2, 0.25) is 0 Å². The molecule has 3 aromatic rings. The molecule has 0 fully saturated rings. The molecule has 2 aromatic carbocycles. The molecule has 1 aromatic heterocycles. The fraction of sp³-hybridized carbons (Fsp3) is 0.133. The van der Waals surface area contributed by atoms with E-state index in [1.807, 2.05) is 24.3 Å². The Kier molecular flexibility index (Phi) is 3.90. The lowest BCUT2D eigenvalue weighted by Gasteiger charge is -2.11. The molecule has 0 bridgehead atoms. The van der Waals surface area contributed by atoms with E-state index in [9.17, 15) is 8.78 Å². The molecule has 108 valence electrons. The molecule has 0 saturated heterocycles. The monoisotopic (exact) mass is 306 g/mol. The lowest BCUT2D eigenvalue weighted by Crippen LogP contribution is -2.15. The molecule has 21 heavy (non-hydrogen) atoms. The van der Waals surface area contributed by atoms with E-state index in [1.54, 1.807) is 0 Å². The number of thioether (sulfide) groups is 1. The molecule has 3 nitrogen and oxygen atoms in total. The molecule has 0 amide bonds. The van der Waals surface area contributed by atoms with Crippen LogP contribution in [0.3, 0.4) is 0 Å². The van der Waals surface area contributed by atoms with Crippen molar-refractivity contribution in [1.29, 1.82) is 0 Å². The fourth-order valence-corrected chi connectivity index (χ4v) is 2.78. The number of benzene rings is 2. The predicted molar refractivity (Wildman–Crippen MR) is 78.0 cm³/mol. The minimum Gasteiger partial charge on any atom is -0.431 e. The van der Waals surface area contributed by atoms with Crippen LogP contribution >= 0.6 is 11.8 Å². The number of para-hydroxylation sites is 2. The maximum Gasteiger partial charge on any atom is 0.256 e. The highest BCUT2D eigenvalue weighted by Crippen LogP contribution is 2.27. The molecule has 6 heteroatoms. The number of nitrogens with zero attached hydrogens (tertiary/aromatic N) is 1. The van der Waals surface area contributed by atoms with E-state index in [0.29, 0.717) is 16.6 Å². The van der Waals surface area contributed by atoms with Crippen molar-refractivity contribution < 1.29 is 13.2 Å². The van der Waals surface area contributed by atoms with Crippen LogP contribution in [0.15, 0.2) is 52.1 Å². The molecule has 0 radical (unpaired) electrons. The first-order chi connectivity index (χ1) is 10.1. The summed E-state index contributed by atoms with van der Waals surface area (Å²) in [4.78, 5) is 4.29. The maximum atomic E-state index is 13.6. The summed E-state index contributed by atoms with van der Waals surface area (Å²) in [5.41, 5.74) is 7.50. The molecule has 0 spiro atoms. The SMILES string of the molecule is NC(CSc1nc2ccccc2o1)c1cc(F)ccc1F. The lowest BCUT2D eigenvalue weighted by atomic mass is 10.1. The van der Waals surface area contributed by atoms with E-state index < -0.39 is 17.7 Å². The van der Waals surface area contributed by atoms with Gasteiger partial charge in [0, 0.05) is 17.4 Å². The highest BCUT2D eigenvalue weighted by Gasteiger charge is 2.15. The molecule has 3 rings (SSSR count). The summed E-state index contributed by atoms with van der Waals surface area (Å²) in [6.45, 7) is 0. The molecule has 1 unspecified atom stereocenters. The number of oxazole rings is 1. The van der Waals surface area contributed by atoms with E-state index in [-0.39, 0.29) is 5.56 Å². The molecular weight excluding hydrogens is 294 g/mol. The van der Waals surface area contributed by atoms with Gasteiger partial charge in [-0.2, -0.15) is 0 Å². The quantitative estimate of drug-likeness (QED) is 0.743. The summed E-state index contributed by atoms with van der Waals surface area (Å²) in [5, 5.41) is 0.462. The molecule has 1 atom stereocenters. The van der Waals surface area contributed by atoms with Gasteiger partial charge in [0.15, 0.2) is 5.58 Å². The molecule has 0 aliphatic carbocycles. The minimum absolute atomic E-state index is 0.151. The summed E-state index contributed by atoms with van der Waals surface area (Å²) < 4.78 is 32.3. The lowest BCUT2D eigenvalue weighted by molar-refractivity contribution is 0.488. The van der Waals surface area contributed by atoms with E-state index in [1.165, 1.54) is 11.8 Å². The van der Waals surface area contributed by atoms with Gasteiger partial charge in [-0.25, -0.2) is 13.8 Å². The molecular formula is C15H12F2N2OS. The molecule has 0 saturated carbocycles. The standard InChI is InChI=1S/C15H12F2N2OS/c16-9-5-6-11(17)10(7-9)12(18)8-21-15-19-13-3-1-2-4-14(13)20-15/h1-7,12H,8,18H2. The van der Waals surface area contributed by atoms with E-state index in [0.717, 1.165) is 23.7 Å². The summed E-state index contributed by atoms with van der Waals surface area (Å²) in [7, 11) is 0. The Hall–Kier alpha value is -1.92. The van der Waals surface area contributed by atoms with Crippen LogP contribution in [0.4, 0.5) is 8.78 Å². The topological polar surface area (TPSA) is 52.0 Å². The predicted octanol–water partition coefficient (Wildman–Crippen LogP) is 3.90. The van der Waals surface area contributed by atoms with Crippen LogP contribution in [0, 0.1) is 11.6 Å². The van der Waals surface area contributed by atoms with Gasteiger partial charge in [-0.05, 0) is 30.3 Å². The Morgan fingerprint density at radius 3 is 2.81 bits per heavy atom. The number of fused-ring (bicyclic) bond motifs is 1. The van der Waals surface area contributed by atoms with Crippen LogP contribution in [0.5, 0.6) is 0 Å². The van der Waals surface area contributed by atoms with Crippen molar-refractivity contribution >= 4 is 22.9 Å². The average Bonchev–Trinajstić information content (AvgIpc) is 2.90. The minimum atomic E-state index is -0.638. The Labute approximate surface area is 124 Å². The maximum absolute atomic E-state index is 13.6. The molecule has 0 aliphatic rings. The van der Waals surface area contributed by atoms with E-state index in [2.05, 4.69) is 4.98 Å². The van der Waals surface area contributed by atoms with Crippen LogP contribution in [-0.4, -0.2) is 10.7 Å². The first-order valence-electron chi connectivity index (χ1n) is 6.32. The van der Waals surface area contributed by atoms with Crippen molar-refractivity contribution in [2.75, 3.05) is 5.75 Å².